The van der Waals surface area contributed by atoms with Crippen LogP contribution in [0.15, 0.2) is 0 Å². The topological polar surface area (TPSA) is 29.5 Å². The predicted octanol–water partition coefficient (Wildman–Crippen LogP) is 2.97. The smallest absolute Gasteiger partial charge is 0.225 e. The van der Waals surface area contributed by atoms with E-state index in [-0.39, 0.29) is 11.5 Å². The van der Waals surface area contributed by atoms with E-state index in [1.165, 1.54) is 6.42 Å². The zero-order valence-electron chi connectivity index (χ0n) is 11.0. The highest BCUT2D eigenvalue weighted by atomic mass is 79.9. The summed E-state index contributed by atoms with van der Waals surface area (Å²) < 4.78 is 5.52. The van der Waals surface area contributed by atoms with Gasteiger partial charge < -0.3 is 9.64 Å². The first-order valence-corrected chi connectivity index (χ1v) is 7.68. The molecule has 4 heteroatoms. The van der Waals surface area contributed by atoms with Crippen LogP contribution in [0.25, 0.3) is 0 Å². The Morgan fingerprint density at radius 3 is 2.53 bits per heavy atom. The molecule has 100 valence electrons. The molecule has 0 aromatic rings. The van der Waals surface area contributed by atoms with Crippen LogP contribution in [0, 0.1) is 0 Å². The van der Waals surface area contributed by atoms with Gasteiger partial charge in [-0.2, -0.15) is 0 Å². The fraction of sp³-hybridized carbons (Fsp3) is 0.923. The molecule has 0 bridgehead atoms. The fourth-order valence-corrected chi connectivity index (χ4v) is 2.65. The van der Waals surface area contributed by atoms with E-state index in [4.69, 9.17) is 4.74 Å². The van der Waals surface area contributed by atoms with Crippen LogP contribution in [0.5, 0.6) is 0 Å². The molecule has 1 amide bonds. The van der Waals surface area contributed by atoms with Gasteiger partial charge in [-0.3, -0.25) is 4.79 Å². The first-order valence-electron chi connectivity index (χ1n) is 6.56. The lowest BCUT2D eigenvalue weighted by Gasteiger charge is -2.41. The van der Waals surface area contributed by atoms with Gasteiger partial charge in [0.2, 0.25) is 5.91 Å². The summed E-state index contributed by atoms with van der Waals surface area (Å²) in [5.74, 6) is 0.249. The number of alkyl halides is 1. The molecule has 1 rings (SSSR count). The van der Waals surface area contributed by atoms with Crippen molar-refractivity contribution < 1.29 is 9.53 Å². The third-order valence-corrected chi connectivity index (χ3v) is 4.01. The van der Waals surface area contributed by atoms with Crippen molar-refractivity contribution in [2.24, 2.45) is 0 Å². The monoisotopic (exact) mass is 305 g/mol. The second-order valence-corrected chi connectivity index (χ2v) is 5.63. The molecule has 0 unspecified atom stereocenters. The van der Waals surface area contributed by atoms with Crippen LogP contribution in [0.4, 0.5) is 0 Å². The zero-order valence-corrected chi connectivity index (χ0v) is 12.6. The number of carbonyl (C=O) groups is 1. The molecule has 0 N–H and O–H groups in total. The summed E-state index contributed by atoms with van der Waals surface area (Å²) in [4.78, 5) is 14.2. The number of nitrogens with zero attached hydrogens (tertiary/aromatic N) is 1. The fourth-order valence-electron chi connectivity index (χ4n) is 2.22. The molecule has 1 saturated carbocycles. The van der Waals surface area contributed by atoms with E-state index < -0.39 is 0 Å². The van der Waals surface area contributed by atoms with Gasteiger partial charge in [0.25, 0.3) is 0 Å². The summed E-state index contributed by atoms with van der Waals surface area (Å²) in [7, 11) is 1.73. The minimum Gasteiger partial charge on any atom is -0.378 e. The Hall–Kier alpha value is -0.0900. The van der Waals surface area contributed by atoms with Gasteiger partial charge in [-0.15, -0.1) is 0 Å². The van der Waals surface area contributed by atoms with Gasteiger partial charge in [-0.05, 0) is 25.7 Å². The Balaban J connectivity index is 2.45. The van der Waals surface area contributed by atoms with Crippen molar-refractivity contribution in [2.75, 3.05) is 25.5 Å². The molecule has 0 aromatic heterocycles. The van der Waals surface area contributed by atoms with Gasteiger partial charge in [0.1, 0.15) is 0 Å². The second kappa shape index (κ2) is 7.37. The normalized spacial score (nSPS) is 17.6. The average molecular weight is 306 g/mol. The molecule has 1 fully saturated rings. The number of hydrogen-bond donors (Lipinski definition) is 0. The van der Waals surface area contributed by atoms with Crippen molar-refractivity contribution in [1.82, 2.24) is 4.90 Å². The van der Waals surface area contributed by atoms with Crippen molar-refractivity contribution in [3.05, 3.63) is 0 Å². The average Bonchev–Trinajstić information content (AvgIpc) is 2.29. The maximum atomic E-state index is 12.2. The molecular weight excluding hydrogens is 282 g/mol. The molecule has 0 saturated heterocycles. The molecule has 0 heterocycles. The highest BCUT2D eigenvalue weighted by Gasteiger charge is 2.39. The highest BCUT2D eigenvalue weighted by molar-refractivity contribution is 9.09. The summed E-state index contributed by atoms with van der Waals surface area (Å²) in [6, 6.07) is 0. The Kier molecular flexibility index (Phi) is 6.49. The maximum absolute atomic E-state index is 12.2. The SMILES string of the molecule is CCCCN(CCBr)C(=O)CC1(OC)CCC1. The van der Waals surface area contributed by atoms with Gasteiger partial charge in [-0.1, -0.05) is 29.3 Å². The van der Waals surface area contributed by atoms with Crippen molar-refractivity contribution in [3.63, 3.8) is 0 Å². The molecule has 1 aliphatic rings. The van der Waals surface area contributed by atoms with E-state index in [0.717, 1.165) is 44.1 Å². The number of unbranched alkanes of at least 4 members (excludes halogenated alkanes) is 1. The lowest BCUT2D eigenvalue weighted by Crippen LogP contribution is -2.45. The molecule has 1 aliphatic carbocycles. The summed E-state index contributed by atoms with van der Waals surface area (Å²) in [6.07, 6.45) is 6.02. The third kappa shape index (κ3) is 4.25. The van der Waals surface area contributed by atoms with E-state index in [0.29, 0.717) is 6.42 Å². The lowest BCUT2D eigenvalue weighted by molar-refractivity contribution is -0.143. The summed E-state index contributed by atoms with van der Waals surface area (Å²) in [5.41, 5.74) is -0.145. The van der Waals surface area contributed by atoms with Crippen LogP contribution in [0.3, 0.4) is 0 Å². The number of methoxy groups -OCH3 is 1. The Morgan fingerprint density at radius 2 is 2.12 bits per heavy atom. The van der Waals surface area contributed by atoms with E-state index in [2.05, 4.69) is 22.9 Å². The van der Waals surface area contributed by atoms with Gasteiger partial charge >= 0.3 is 0 Å². The highest BCUT2D eigenvalue weighted by Crippen LogP contribution is 2.38. The molecule has 0 aliphatic heterocycles. The van der Waals surface area contributed by atoms with E-state index >= 15 is 0 Å². The van der Waals surface area contributed by atoms with Crippen LogP contribution in [0.1, 0.15) is 45.4 Å². The number of hydrogen-bond acceptors (Lipinski definition) is 2. The van der Waals surface area contributed by atoms with Gasteiger partial charge in [-0.25, -0.2) is 0 Å². The van der Waals surface area contributed by atoms with Crippen LogP contribution in [0.2, 0.25) is 0 Å². The minimum atomic E-state index is -0.145. The second-order valence-electron chi connectivity index (χ2n) is 4.84. The molecule has 0 aromatic carbocycles. The Morgan fingerprint density at radius 1 is 1.41 bits per heavy atom. The van der Waals surface area contributed by atoms with Crippen molar-refractivity contribution in [2.45, 2.75) is 51.0 Å². The lowest BCUT2D eigenvalue weighted by atomic mass is 9.77. The zero-order chi connectivity index (χ0) is 12.7. The van der Waals surface area contributed by atoms with E-state index in [9.17, 15) is 4.79 Å². The van der Waals surface area contributed by atoms with Crippen molar-refractivity contribution >= 4 is 21.8 Å². The van der Waals surface area contributed by atoms with Gasteiger partial charge in [0.05, 0.1) is 12.0 Å². The first kappa shape index (κ1) is 15.0. The molecule has 0 radical (unpaired) electrons. The first-order chi connectivity index (χ1) is 8.17. The third-order valence-electron chi connectivity index (χ3n) is 3.66. The van der Waals surface area contributed by atoms with E-state index in [1.54, 1.807) is 7.11 Å². The number of carbonyl (C=O) groups excluding carboxylic acids is 1. The number of halogens is 1. The number of ether oxygens (including phenoxy) is 1. The van der Waals surface area contributed by atoms with Crippen LogP contribution in [-0.4, -0.2) is 41.9 Å². The van der Waals surface area contributed by atoms with E-state index in [1.807, 2.05) is 4.90 Å². The van der Waals surface area contributed by atoms with Crippen LogP contribution < -0.4 is 0 Å². The maximum Gasteiger partial charge on any atom is 0.225 e. The number of rotatable bonds is 8. The summed E-state index contributed by atoms with van der Waals surface area (Å²) >= 11 is 3.41. The van der Waals surface area contributed by atoms with Crippen LogP contribution >= 0.6 is 15.9 Å². The Labute approximate surface area is 113 Å². The molecule has 0 spiro atoms. The van der Waals surface area contributed by atoms with Crippen molar-refractivity contribution in [1.29, 1.82) is 0 Å². The quantitative estimate of drug-likeness (QED) is 0.645. The standard InChI is InChI=1S/C13H24BrNO2/c1-3-4-9-15(10-8-14)12(16)11-13(17-2)6-5-7-13/h3-11H2,1-2H3. The summed E-state index contributed by atoms with van der Waals surface area (Å²) in [5, 5.41) is 0.850. The molecule has 3 nitrogen and oxygen atoms in total. The summed E-state index contributed by atoms with van der Waals surface area (Å²) in [6.45, 7) is 3.83. The minimum absolute atomic E-state index is 0.145. The largest absolute Gasteiger partial charge is 0.378 e. The predicted molar refractivity (Wildman–Crippen MR) is 73.5 cm³/mol. The Bertz CT molecular complexity index is 236. The van der Waals surface area contributed by atoms with Crippen molar-refractivity contribution in [3.8, 4) is 0 Å². The molecule has 0 atom stereocenters. The molecular formula is C13H24BrNO2. The van der Waals surface area contributed by atoms with Crippen LogP contribution in [-0.2, 0) is 9.53 Å². The molecule has 17 heavy (non-hydrogen) atoms. The van der Waals surface area contributed by atoms with Gasteiger partial charge in [0.15, 0.2) is 0 Å². The van der Waals surface area contributed by atoms with Gasteiger partial charge in [0, 0.05) is 25.5 Å². The number of amides is 1.